The fourth-order valence-corrected chi connectivity index (χ4v) is 0.923. The zero-order valence-corrected chi connectivity index (χ0v) is 6.35. The van der Waals surface area contributed by atoms with Gasteiger partial charge in [0.2, 0.25) is 0 Å². The highest BCUT2D eigenvalue weighted by atomic mass is 31.2. The van der Waals surface area contributed by atoms with Crippen LogP contribution in [0.15, 0.2) is 5.18 Å². The molecule has 0 aromatic heterocycles. The van der Waals surface area contributed by atoms with Gasteiger partial charge in [0.1, 0.15) is 12.6 Å². The summed E-state index contributed by atoms with van der Waals surface area (Å²) in [5.74, 6) is 0. The van der Waals surface area contributed by atoms with E-state index in [1.165, 1.54) is 0 Å². The Morgan fingerprint density at radius 3 is 2.36 bits per heavy atom. The van der Waals surface area contributed by atoms with Crippen molar-refractivity contribution in [3.63, 3.8) is 0 Å². The van der Waals surface area contributed by atoms with Crippen LogP contribution in [-0.4, -0.2) is 34.1 Å². The second-order valence-electron chi connectivity index (χ2n) is 1.71. The van der Waals surface area contributed by atoms with E-state index in [0.717, 1.165) is 0 Å². The number of hydrogen-bond donors (Lipinski definition) is 3. The first-order valence-electron chi connectivity index (χ1n) is 2.63. The average Bonchev–Trinajstić information content (AvgIpc) is 1.84. The molecule has 3 N–H and O–H groups in total. The number of phosphoric ester groups is 1. The summed E-state index contributed by atoms with van der Waals surface area (Å²) >= 11 is 0. The van der Waals surface area contributed by atoms with Gasteiger partial charge in [-0.1, -0.05) is 5.18 Å². The van der Waals surface area contributed by atoms with Gasteiger partial charge < -0.3 is 14.9 Å². The molecule has 0 aliphatic heterocycles. The van der Waals surface area contributed by atoms with E-state index in [2.05, 4.69) is 9.70 Å². The number of nitroso groups, excluding NO2 is 1. The fraction of sp³-hybridized carbons (Fsp3) is 1.00. The Labute approximate surface area is 62.2 Å². The maximum atomic E-state index is 10.1. The van der Waals surface area contributed by atoms with Crippen molar-refractivity contribution in [1.29, 1.82) is 0 Å². The van der Waals surface area contributed by atoms with Crippen molar-refractivity contribution in [3.05, 3.63) is 4.91 Å². The van der Waals surface area contributed by atoms with Crippen LogP contribution < -0.4 is 0 Å². The maximum absolute atomic E-state index is 10.1. The quantitative estimate of drug-likeness (QED) is 0.382. The van der Waals surface area contributed by atoms with E-state index in [-0.39, 0.29) is 0 Å². The molecule has 0 saturated heterocycles. The lowest BCUT2D eigenvalue weighted by molar-refractivity contribution is 0.0857. The summed E-state index contributed by atoms with van der Waals surface area (Å²) in [5, 5.41) is 10.7. The number of hydrogen-bond acceptors (Lipinski definition) is 5. The molecular weight excluding hydrogens is 177 g/mol. The number of aliphatic hydroxyl groups excluding tert-OH is 1. The molecule has 0 fully saturated rings. The van der Waals surface area contributed by atoms with Gasteiger partial charge in [0, 0.05) is 0 Å². The summed E-state index contributed by atoms with van der Waals surface area (Å²) in [6.07, 6.45) is -1.23. The summed E-state index contributed by atoms with van der Waals surface area (Å²) in [7, 11) is -4.63. The standard InChI is InChI=1S/C3H8NO6P/c5-2-3(1-4-6)10-11(7,8)9/h3,5H,1-2H2,(H2,7,8,9). The van der Waals surface area contributed by atoms with Crippen LogP contribution in [-0.2, 0) is 9.09 Å². The molecule has 0 heterocycles. The lowest BCUT2D eigenvalue weighted by atomic mass is 10.4. The second-order valence-corrected chi connectivity index (χ2v) is 2.90. The smallest absolute Gasteiger partial charge is 0.394 e. The Morgan fingerprint density at radius 1 is 1.55 bits per heavy atom. The van der Waals surface area contributed by atoms with Gasteiger partial charge in [0.05, 0.1) is 6.61 Å². The van der Waals surface area contributed by atoms with Crippen molar-refractivity contribution in [3.8, 4) is 0 Å². The Morgan fingerprint density at radius 2 is 2.09 bits per heavy atom. The lowest BCUT2D eigenvalue weighted by Crippen LogP contribution is -2.19. The zero-order valence-electron chi connectivity index (χ0n) is 5.45. The van der Waals surface area contributed by atoms with Crippen molar-refractivity contribution in [2.45, 2.75) is 6.10 Å². The molecule has 0 amide bonds. The van der Waals surface area contributed by atoms with Crippen molar-refractivity contribution < 1.29 is 24.0 Å². The molecule has 0 aliphatic carbocycles. The molecule has 66 valence electrons. The van der Waals surface area contributed by atoms with Crippen molar-refractivity contribution >= 4 is 7.82 Å². The second kappa shape index (κ2) is 4.53. The predicted molar refractivity (Wildman–Crippen MR) is 34.7 cm³/mol. The number of aliphatic hydroxyl groups is 1. The summed E-state index contributed by atoms with van der Waals surface area (Å²) < 4.78 is 14.0. The molecule has 0 spiro atoms. The van der Waals surface area contributed by atoms with Crippen LogP contribution in [0, 0.1) is 4.91 Å². The van der Waals surface area contributed by atoms with E-state index in [4.69, 9.17) is 14.9 Å². The molecule has 0 radical (unpaired) electrons. The monoisotopic (exact) mass is 185 g/mol. The molecule has 0 bridgehead atoms. The Kier molecular flexibility index (Phi) is 4.39. The molecule has 7 nitrogen and oxygen atoms in total. The minimum absolute atomic E-state index is 0.485. The van der Waals surface area contributed by atoms with Crippen LogP contribution in [0.2, 0.25) is 0 Å². The van der Waals surface area contributed by atoms with Crippen LogP contribution >= 0.6 is 7.82 Å². The molecule has 0 aromatic carbocycles. The third kappa shape index (κ3) is 6.08. The Balaban J connectivity index is 3.87. The molecule has 1 unspecified atom stereocenters. The summed E-state index contributed by atoms with van der Waals surface area (Å²) in [6.45, 7) is -1.14. The van der Waals surface area contributed by atoms with E-state index in [9.17, 15) is 9.47 Å². The molecule has 0 aromatic rings. The van der Waals surface area contributed by atoms with E-state index < -0.39 is 27.1 Å². The predicted octanol–water partition coefficient (Wildman–Crippen LogP) is -0.777. The van der Waals surface area contributed by atoms with Crippen molar-refractivity contribution in [2.24, 2.45) is 5.18 Å². The largest absolute Gasteiger partial charge is 0.469 e. The van der Waals surface area contributed by atoms with Crippen molar-refractivity contribution in [1.82, 2.24) is 0 Å². The van der Waals surface area contributed by atoms with Crippen molar-refractivity contribution in [2.75, 3.05) is 13.2 Å². The topological polar surface area (TPSA) is 116 Å². The van der Waals surface area contributed by atoms with Gasteiger partial charge in [-0.25, -0.2) is 4.57 Å². The molecule has 0 saturated carbocycles. The minimum Gasteiger partial charge on any atom is -0.394 e. The van der Waals surface area contributed by atoms with Gasteiger partial charge in [-0.2, -0.15) is 4.91 Å². The van der Waals surface area contributed by atoms with Gasteiger partial charge in [0.25, 0.3) is 0 Å². The van der Waals surface area contributed by atoms with Gasteiger partial charge in [-0.15, -0.1) is 0 Å². The van der Waals surface area contributed by atoms with Gasteiger partial charge in [0.15, 0.2) is 0 Å². The van der Waals surface area contributed by atoms with E-state index in [1.807, 2.05) is 0 Å². The van der Waals surface area contributed by atoms with E-state index in [1.54, 1.807) is 0 Å². The molecule has 1 atom stereocenters. The lowest BCUT2D eigenvalue weighted by Gasteiger charge is -2.11. The molecule has 8 heteroatoms. The molecule has 0 rings (SSSR count). The zero-order chi connectivity index (χ0) is 8.91. The third-order valence-electron chi connectivity index (χ3n) is 0.768. The first kappa shape index (κ1) is 10.7. The van der Waals surface area contributed by atoms with Gasteiger partial charge in [-0.3, -0.25) is 4.52 Å². The summed E-state index contributed by atoms with van der Waals surface area (Å²) in [4.78, 5) is 25.9. The first-order chi connectivity index (χ1) is 4.99. The molecule has 11 heavy (non-hydrogen) atoms. The van der Waals surface area contributed by atoms with Gasteiger partial charge in [-0.05, 0) is 0 Å². The van der Waals surface area contributed by atoms with Crippen LogP contribution in [0.4, 0.5) is 0 Å². The maximum Gasteiger partial charge on any atom is 0.469 e. The minimum atomic E-state index is -4.63. The Hall–Kier alpha value is -0.330. The van der Waals surface area contributed by atoms with E-state index >= 15 is 0 Å². The highest BCUT2D eigenvalue weighted by molar-refractivity contribution is 7.46. The normalized spacial score (nSPS) is 14.5. The fourth-order valence-electron chi connectivity index (χ4n) is 0.402. The number of nitrogens with zero attached hydrogens (tertiary/aromatic N) is 1. The Bertz CT molecular complexity index is 165. The summed E-state index contributed by atoms with van der Waals surface area (Å²) in [6, 6.07) is 0. The van der Waals surface area contributed by atoms with Crippen LogP contribution in [0.25, 0.3) is 0 Å². The van der Waals surface area contributed by atoms with E-state index in [0.29, 0.717) is 0 Å². The SMILES string of the molecule is O=NCC(CO)OP(=O)(O)O. The van der Waals surface area contributed by atoms with Crippen LogP contribution in [0.3, 0.4) is 0 Å². The molecule has 0 aliphatic rings. The summed E-state index contributed by atoms with van der Waals surface area (Å²) in [5.41, 5.74) is 0. The van der Waals surface area contributed by atoms with Crippen LogP contribution in [0.1, 0.15) is 0 Å². The number of phosphoric acid groups is 1. The first-order valence-corrected chi connectivity index (χ1v) is 4.16. The highest BCUT2D eigenvalue weighted by Gasteiger charge is 2.21. The highest BCUT2D eigenvalue weighted by Crippen LogP contribution is 2.37. The van der Waals surface area contributed by atoms with Crippen LogP contribution in [0.5, 0.6) is 0 Å². The van der Waals surface area contributed by atoms with Gasteiger partial charge >= 0.3 is 7.82 Å². The average molecular weight is 185 g/mol. The third-order valence-corrected chi connectivity index (χ3v) is 1.34. The number of rotatable bonds is 5. The molecular formula is C3H8NO6P.